The molecule has 2 aliphatic rings. The molecule has 2 fully saturated rings. The first kappa shape index (κ1) is 21.0. The van der Waals surface area contributed by atoms with Gasteiger partial charge in [0, 0.05) is 60.3 Å². The molecule has 8 nitrogen and oxygen atoms in total. The molecule has 3 aromatic rings. The zero-order chi connectivity index (χ0) is 23.2. The van der Waals surface area contributed by atoms with Crippen LogP contribution in [0.15, 0.2) is 55.0 Å². The highest BCUT2D eigenvalue weighted by Crippen LogP contribution is 2.47. The summed E-state index contributed by atoms with van der Waals surface area (Å²) in [6.45, 7) is 1.03. The monoisotopic (exact) mass is 456 g/mol. The fourth-order valence-corrected chi connectivity index (χ4v) is 4.39. The van der Waals surface area contributed by atoms with E-state index in [1.54, 1.807) is 12.4 Å². The number of pyridine rings is 2. The number of anilines is 3. The van der Waals surface area contributed by atoms with Crippen molar-refractivity contribution in [1.29, 1.82) is 0 Å². The number of carbonyl (C=O) groups excluding carboxylic acids is 2. The van der Waals surface area contributed by atoms with Crippen LogP contribution in [0.3, 0.4) is 0 Å². The number of nitrogens with one attached hydrogen (secondary N) is 3. The topological polar surface area (TPSA) is 99.2 Å². The van der Waals surface area contributed by atoms with Gasteiger partial charge in [-0.15, -0.1) is 0 Å². The Labute approximate surface area is 186 Å². The van der Waals surface area contributed by atoms with Crippen LogP contribution in [0.25, 0.3) is 10.8 Å². The summed E-state index contributed by atoms with van der Waals surface area (Å²) in [4.78, 5) is 33.9. The van der Waals surface area contributed by atoms with E-state index in [0.29, 0.717) is 18.8 Å². The lowest BCUT2D eigenvalue weighted by Crippen LogP contribution is -2.37. The molecular formula is C22H19F3N6O2. The maximum Gasteiger partial charge on any atom is 0.471 e. The largest absolute Gasteiger partial charge is 0.471 e. The minimum atomic E-state index is -4.98. The Bertz CT molecular complexity index is 1220. The van der Waals surface area contributed by atoms with Gasteiger partial charge in [0.1, 0.15) is 0 Å². The highest BCUT2D eigenvalue weighted by atomic mass is 19.4. The lowest BCUT2D eigenvalue weighted by atomic mass is 10.1. The second kappa shape index (κ2) is 7.91. The van der Waals surface area contributed by atoms with E-state index in [2.05, 4.69) is 20.6 Å². The van der Waals surface area contributed by atoms with Crippen LogP contribution in [0, 0.1) is 11.8 Å². The van der Waals surface area contributed by atoms with E-state index in [0.717, 1.165) is 10.8 Å². The van der Waals surface area contributed by atoms with Crippen molar-refractivity contribution < 1.29 is 22.8 Å². The molecule has 11 heteroatoms. The lowest BCUT2D eigenvalue weighted by molar-refractivity contribution is -0.167. The smallest absolute Gasteiger partial charge is 0.354 e. The summed E-state index contributed by atoms with van der Waals surface area (Å²) in [7, 11) is 0. The number of rotatable bonds is 4. The molecule has 0 spiro atoms. The Hall–Kier alpha value is -3.89. The molecule has 1 aliphatic carbocycles. The van der Waals surface area contributed by atoms with Gasteiger partial charge in [0.25, 0.3) is 0 Å². The molecule has 2 aromatic heterocycles. The first-order valence-corrected chi connectivity index (χ1v) is 10.3. The molecule has 2 unspecified atom stereocenters. The molecule has 3 N–H and O–H groups in total. The first-order valence-electron chi connectivity index (χ1n) is 10.3. The number of urea groups is 1. The van der Waals surface area contributed by atoms with Gasteiger partial charge in [-0.2, -0.15) is 13.2 Å². The van der Waals surface area contributed by atoms with E-state index in [-0.39, 0.29) is 35.4 Å². The maximum atomic E-state index is 12.6. The molecule has 3 amide bonds. The molecule has 0 bridgehead atoms. The van der Waals surface area contributed by atoms with Gasteiger partial charge in [0.2, 0.25) is 0 Å². The average Bonchev–Trinajstić information content (AvgIpc) is 3.21. The zero-order valence-corrected chi connectivity index (χ0v) is 17.1. The van der Waals surface area contributed by atoms with Crippen LogP contribution >= 0.6 is 0 Å². The van der Waals surface area contributed by atoms with E-state index in [1.807, 2.05) is 34.5 Å². The summed E-state index contributed by atoms with van der Waals surface area (Å²) in [5, 5.41) is 9.54. The van der Waals surface area contributed by atoms with Crippen molar-refractivity contribution in [1.82, 2.24) is 15.3 Å². The van der Waals surface area contributed by atoms with E-state index >= 15 is 0 Å². The van der Waals surface area contributed by atoms with Crippen molar-refractivity contribution in [3.8, 4) is 0 Å². The molecule has 1 aromatic carbocycles. The van der Waals surface area contributed by atoms with E-state index < -0.39 is 12.1 Å². The Kier molecular flexibility index (Phi) is 5.03. The average molecular weight is 456 g/mol. The number of halogens is 3. The summed E-state index contributed by atoms with van der Waals surface area (Å²) >= 11 is 0. The van der Waals surface area contributed by atoms with Gasteiger partial charge in [-0.3, -0.25) is 9.78 Å². The zero-order valence-electron chi connectivity index (χ0n) is 17.1. The van der Waals surface area contributed by atoms with Crippen molar-refractivity contribution in [2.75, 3.05) is 28.6 Å². The van der Waals surface area contributed by atoms with Crippen molar-refractivity contribution >= 4 is 39.9 Å². The summed E-state index contributed by atoms with van der Waals surface area (Å²) in [5.41, 5.74) is 0.687. The van der Waals surface area contributed by atoms with Crippen molar-refractivity contribution in [3.05, 3.63) is 55.0 Å². The third-order valence-electron chi connectivity index (χ3n) is 6.01. The Morgan fingerprint density at radius 2 is 1.73 bits per heavy atom. The van der Waals surface area contributed by atoms with Gasteiger partial charge in [0.05, 0.1) is 11.4 Å². The van der Waals surface area contributed by atoms with Gasteiger partial charge in [-0.05, 0) is 24.3 Å². The number of fused-ring (bicyclic) bond motifs is 2. The molecule has 1 saturated carbocycles. The highest BCUT2D eigenvalue weighted by molar-refractivity contribution is 6.01. The molecular weight excluding hydrogens is 437 g/mol. The molecule has 3 heterocycles. The molecule has 170 valence electrons. The Morgan fingerprint density at radius 1 is 0.970 bits per heavy atom. The van der Waals surface area contributed by atoms with Crippen molar-refractivity contribution in [2.24, 2.45) is 11.8 Å². The number of hydrogen-bond donors (Lipinski definition) is 3. The number of hydrogen-bond acceptors (Lipinski definition) is 5. The third-order valence-corrected chi connectivity index (χ3v) is 6.01. The normalized spacial score (nSPS) is 21.4. The van der Waals surface area contributed by atoms with Gasteiger partial charge in [-0.1, -0.05) is 12.1 Å². The van der Waals surface area contributed by atoms with Gasteiger partial charge in [0.15, 0.2) is 5.82 Å². The fourth-order valence-electron chi connectivity index (χ4n) is 4.39. The summed E-state index contributed by atoms with van der Waals surface area (Å²) in [6, 6.07) is 9.89. The van der Waals surface area contributed by atoms with Crippen LogP contribution in [-0.4, -0.2) is 47.2 Å². The Balaban J connectivity index is 1.20. The molecule has 1 saturated heterocycles. The number of benzene rings is 1. The molecule has 0 radical (unpaired) electrons. The standard InChI is InChI=1S/C22H19F3N6O2/c23-22(24,25)20(32)28-17-5-2-7-27-19(17)31-10-14-15(11-31)18(14)30-21(33)29-16-4-1-3-12-9-26-8-6-13(12)16/h1-9,14-15,18H,10-11H2,(H,28,32)(H2,29,30,33). The number of nitrogens with zero attached hydrogens (tertiary/aromatic N) is 3. The van der Waals surface area contributed by atoms with Gasteiger partial charge in [-0.25, -0.2) is 9.78 Å². The SMILES string of the molecule is O=C(Nc1cccc2cnccc12)NC1C2CN(c3ncccc3NC(=O)C(F)(F)F)CC21. The van der Waals surface area contributed by atoms with Crippen LogP contribution in [0.4, 0.5) is 35.2 Å². The molecule has 1 aliphatic heterocycles. The van der Waals surface area contributed by atoms with E-state index in [9.17, 15) is 22.8 Å². The maximum absolute atomic E-state index is 12.6. The molecule has 2 atom stereocenters. The second-order valence-corrected chi connectivity index (χ2v) is 8.09. The van der Waals surface area contributed by atoms with Crippen molar-refractivity contribution in [3.63, 3.8) is 0 Å². The van der Waals surface area contributed by atoms with Crippen LogP contribution < -0.4 is 20.9 Å². The summed E-state index contributed by atoms with van der Waals surface area (Å²) < 4.78 is 37.9. The second-order valence-electron chi connectivity index (χ2n) is 8.09. The quantitative estimate of drug-likeness (QED) is 0.559. The van der Waals surface area contributed by atoms with Crippen LogP contribution in [0.2, 0.25) is 0 Å². The number of amides is 3. The summed E-state index contributed by atoms with van der Waals surface area (Å²) in [5.74, 6) is -1.45. The third kappa shape index (κ3) is 4.13. The molecule has 5 rings (SSSR count). The van der Waals surface area contributed by atoms with Crippen LogP contribution in [0.5, 0.6) is 0 Å². The number of piperidine rings is 1. The van der Waals surface area contributed by atoms with E-state index in [1.165, 1.54) is 18.3 Å². The van der Waals surface area contributed by atoms with Gasteiger partial charge < -0.3 is 20.9 Å². The molecule has 33 heavy (non-hydrogen) atoms. The predicted molar refractivity (Wildman–Crippen MR) is 116 cm³/mol. The Morgan fingerprint density at radius 3 is 2.48 bits per heavy atom. The minimum absolute atomic E-state index is 0.00817. The summed E-state index contributed by atoms with van der Waals surface area (Å²) in [6.07, 6.45) is -0.135. The van der Waals surface area contributed by atoms with E-state index in [4.69, 9.17) is 0 Å². The number of aromatic nitrogens is 2. The predicted octanol–water partition coefficient (Wildman–Crippen LogP) is 3.39. The van der Waals surface area contributed by atoms with Gasteiger partial charge >= 0.3 is 18.1 Å². The number of carbonyl (C=O) groups is 2. The van der Waals surface area contributed by atoms with Crippen molar-refractivity contribution in [2.45, 2.75) is 12.2 Å². The number of alkyl halides is 3. The minimum Gasteiger partial charge on any atom is -0.354 e. The van der Waals surface area contributed by atoms with Crippen LogP contribution in [-0.2, 0) is 4.79 Å². The first-order chi connectivity index (χ1) is 15.8. The lowest BCUT2D eigenvalue weighted by Gasteiger charge is -2.24. The highest BCUT2D eigenvalue weighted by Gasteiger charge is 2.57. The fraction of sp³-hybridized carbons (Fsp3) is 0.273. The van der Waals surface area contributed by atoms with Crippen LogP contribution in [0.1, 0.15) is 0 Å².